The van der Waals surface area contributed by atoms with Gasteiger partial charge >= 0.3 is 6.03 Å². The Hall–Kier alpha value is -3.39. The van der Waals surface area contributed by atoms with E-state index in [1.807, 2.05) is 0 Å². The molecule has 1 aliphatic heterocycles. The second-order valence-corrected chi connectivity index (χ2v) is 6.18. The van der Waals surface area contributed by atoms with Crippen molar-refractivity contribution in [1.82, 2.24) is 4.90 Å². The van der Waals surface area contributed by atoms with E-state index in [1.165, 1.54) is 11.0 Å². The normalized spacial score (nSPS) is 12.7. The smallest absolute Gasteiger partial charge is 0.323 e. The second-order valence-electron chi connectivity index (χ2n) is 6.18. The van der Waals surface area contributed by atoms with Gasteiger partial charge in [-0.25, -0.2) is 4.79 Å². The van der Waals surface area contributed by atoms with Gasteiger partial charge < -0.3 is 20.1 Å². The fraction of sp³-hybridized carbons (Fsp3) is 0.250. The lowest BCUT2D eigenvalue weighted by atomic mass is 10.1. The minimum Gasteiger partial charge on any atom is -0.497 e. The highest BCUT2D eigenvalue weighted by molar-refractivity contribution is 6.22. The van der Waals surface area contributed by atoms with Crippen LogP contribution in [0, 0.1) is 0 Å². The number of methoxy groups -OCH3 is 2. The van der Waals surface area contributed by atoms with E-state index in [4.69, 9.17) is 9.47 Å². The summed E-state index contributed by atoms with van der Waals surface area (Å²) in [4.78, 5) is 38.3. The SMILES string of the molecule is COCCCN1C(=O)c2ccc(NC(=O)Nc3cccc(OC)c3)cc2C1=O. The first-order valence-electron chi connectivity index (χ1n) is 8.74. The van der Waals surface area contributed by atoms with Crippen LogP contribution in [0.25, 0.3) is 0 Å². The second kappa shape index (κ2) is 8.53. The summed E-state index contributed by atoms with van der Waals surface area (Å²) in [6, 6.07) is 11.1. The Morgan fingerprint density at radius 1 is 0.964 bits per heavy atom. The predicted octanol–water partition coefficient (Wildman–Crippen LogP) is 2.97. The fourth-order valence-electron chi connectivity index (χ4n) is 2.93. The molecule has 146 valence electrons. The molecule has 0 atom stereocenters. The molecule has 0 spiro atoms. The molecule has 0 aromatic heterocycles. The van der Waals surface area contributed by atoms with Crippen LogP contribution in [0.4, 0.5) is 16.2 Å². The Labute approximate surface area is 162 Å². The highest BCUT2D eigenvalue weighted by Gasteiger charge is 2.35. The number of fused-ring (bicyclic) bond motifs is 1. The van der Waals surface area contributed by atoms with Crippen molar-refractivity contribution >= 4 is 29.2 Å². The Morgan fingerprint density at radius 2 is 1.68 bits per heavy atom. The van der Waals surface area contributed by atoms with E-state index in [1.54, 1.807) is 50.6 Å². The first kappa shape index (κ1) is 19.4. The first-order valence-corrected chi connectivity index (χ1v) is 8.74. The van der Waals surface area contributed by atoms with Crippen molar-refractivity contribution in [3.63, 3.8) is 0 Å². The maximum Gasteiger partial charge on any atom is 0.323 e. The van der Waals surface area contributed by atoms with Gasteiger partial charge in [0.05, 0.1) is 18.2 Å². The third-order valence-corrected chi connectivity index (χ3v) is 4.29. The van der Waals surface area contributed by atoms with Crippen LogP contribution in [-0.2, 0) is 4.74 Å². The molecule has 28 heavy (non-hydrogen) atoms. The number of rotatable bonds is 7. The summed E-state index contributed by atoms with van der Waals surface area (Å²) in [7, 11) is 3.11. The van der Waals surface area contributed by atoms with Crippen LogP contribution in [0.5, 0.6) is 5.75 Å². The van der Waals surface area contributed by atoms with Gasteiger partial charge in [0.25, 0.3) is 11.8 Å². The van der Waals surface area contributed by atoms with Gasteiger partial charge in [-0.2, -0.15) is 0 Å². The lowest BCUT2D eigenvalue weighted by molar-refractivity contribution is 0.0638. The number of amides is 4. The van der Waals surface area contributed by atoms with Gasteiger partial charge in [-0.3, -0.25) is 14.5 Å². The van der Waals surface area contributed by atoms with Gasteiger partial charge in [0.1, 0.15) is 5.75 Å². The molecular formula is C20H21N3O5. The Kier molecular flexibility index (Phi) is 5.90. The van der Waals surface area contributed by atoms with Crippen LogP contribution >= 0.6 is 0 Å². The molecule has 0 fully saturated rings. The topological polar surface area (TPSA) is 97.0 Å². The number of imide groups is 1. The van der Waals surface area contributed by atoms with Crippen molar-refractivity contribution in [3.05, 3.63) is 53.6 Å². The molecule has 4 amide bonds. The monoisotopic (exact) mass is 383 g/mol. The molecule has 0 saturated heterocycles. The van der Waals surface area contributed by atoms with Gasteiger partial charge in [0.2, 0.25) is 0 Å². The Balaban J connectivity index is 1.68. The summed E-state index contributed by atoms with van der Waals surface area (Å²) >= 11 is 0. The summed E-state index contributed by atoms with van der Waals surface area (Å²) in [6.45, 7) is 0.754. The molecule has 2 aromatic rings. The van der Waals surface area contributed by atoms with Crippen LogP contribution in [0.2, 0.25) is 0 Å². The molecule has 0 aliphatic carbocycles. The van der Waals surface area contributed by atoms with Crippen LogP contribution in [0.3, 0.4) is 0 Å². The van der Waals surface area contributed by atoms with E-state index >= 15 is 0 Å². The summed E-state index contributed by atoms with van der Waals surface area (Å²) in [6.07, 6.45) is 0.565. The van der Waals surface area contributed by atoms with Crippen molar-refractivity contribution in [2.45, 2.75) is 6.42 Å². The number of nitrogens with one attached hydrogen (secondary N) is 2. The number of hydrogen-bond acceptors (Lipinski definition) is 5. The lowest BCUT2D eigenvalue weighted by Gasteiger charge is -2.12. The van der Waals surface area contributed by atoms with Crippen molar-refractivity contribution in [2.75, 3.05) is 38.0 Å². The number of carbonyl (C=O) groups is 3. The van der Waals surface area contributed by atoms with E-state index in [2.05, 4.69) is 10.6 Å². The average molecular weight is 383 g/mol. The lowest BCUT2D eigenvalue weighted by Crippen LogP contribution is -2.31. The summed E-state index contributed by atoms with van der Waals surface area (Å²) in [5.41, 5.74) is 1.59. The molecule has 8 nitrogen and oxygen atoms in total. The molecule has 8 heteroatoms. The molecule has 1 heterocycles. The zero-order valence-corrected chi connectivity index (χ0v) is 15.7. The van der Waals surface area contributed by atoms with E-state index in [0.29, 0.717) is 42.3 Å². The largest absolute Gasteiger partial charge is 0.497 e. The van der Waals surface area contributed by atoms with Gasteiger partial charge in [0, 0.05) is 37.7 Å². The third kappa shape index (κ3) is 4.12. The van der Waals surface area contributed by atoms with E-state index in [9.17, 15) is 14.4 Å². The summed E-state index contributed by atoms with van der Waals surface area (Å²) in [5.74, 6) is -0.0792. The third-order valence-electron chi connectivity index (χ3n) is 4.29. The molecule has 0 bridgehead atoms. The standard InChI is InChI=1S/C20H21N3O5/c1-27-10-4-9-23-18(24)16-8-7-14(12-17(16)19(23)25)22-20(26)21-13-5-3-6-15(11-13)28-2/h3,5-8,11-12H,4,9-10H2,1-2H3,(H2,21,22,26). The minimum absolute atomic E-state index is 0.279. The van der Waals surface area contributed by atoms with Gasteiger partial charge in [-0.05, 0) is 36.8 Å². The zero-order valence-electron chi connectivity index (χ0n) is 15.7. The van der Waals surface area contributed by atoms with Crippen molar-refractivity contribution < 1.29 is 23.9 Å². The number of hydrogen-bond donors (Lipinski definition) is 2. The van der Waals surface area contributed by atoms with Gasteiger partial charge in [-0.1, -0.05) is 6.07 Å². The average Bonchev–Trinajstić information content (AvgIpc) is 2.92. The highest BCUT2D eigenvalue weighted by atomic mass is 16.5. The number of ether oxygens (including phenoxy) is 2. The first-order chi connectivity index (χ1) is 13.5. The number of benzene rings is 2. The molecule has 1 aliphatic rings. The number of anilines is 2. The van der Waals surface area contributed by atoms with Gasteiger partial charge in [0.15, 0.2) is 0 Å². The quantitative estimate of drug-likeness (QED) is 0.566. The van der Waals surface area contributed by atoms with Gasteiger partial charge in [-0.15, -0.1) is 0 Å². The molecule has 0 radical (unpaired) electrons. The zero-order chi connectivity index (χ0) is 20.1. The van der Waals surface area contributed by atoms with E-state index in [0.717, 1.165) is 0 Å². The number of carbonyl (C=O) groups excluding carboxylic acids is 3. The van der Waals surface area contributed by atoms with Crippen LogP contribution < -0.4 is 15.4 Å². The molecule has 0 saturated carbocycles. The molecule has 2 aromatic carbocycles. The van der Waals surface area contributed by atoms with Crippen LogP contribution in [0.1, 0.15) is 27.1 Å². The highest BCUT2D eigenvalue weighted by Crippen LogP contribution is 2.26. The molecule has 2 N–H and O–H groups in total. The van der Waals surface area contributed by atoms with Crippen LogP contribution in [0.15, 0.2) is 42.5 Å². The van der Waals surface area contributed by atoms with E-state index in [-0.39, 0.29) is 17.4 Å². The molecular weight excluding hydrogens is 362 g/mol. The van der Waals surface area contributed by atoms with Crippen molar-refractivity contribution in [1.29, 1.82) is 0 Å². The molecule has 3 rings (SSSR count). The Bertz CT molecular complexity index is 912. The number of nitrogens with zero attached hydrogens (tertiary/aromatic N) is 1. The predicted molar refractivity (Wildman–Crippen MR) is 104 cm³/mol. The summed E-state index contributed by atoms with van der Waals surface area (Å²) < 4.78 is 10.1. The summed E-state index contributed by atoms with van der Waals surface area (Å²) in [5, 5.41) is 5.36. The number of urea groups is 1. The minimum atomic E-state index is -0.470. The Morgan fingerprint density at radius 3 is 2.39 bits per heavy atom. The van der Waals surface area contributed by atoms with Crippen molar-refractivity contribution in [3.8, 4) is 5.75 Å². The molecule has 0 unspecified atom stereocenters. The maximum absolute atomic E-state index is 12.5. The van der Waals surface area contributed by atoms with Crippen LogP contribution in [-0.4, -0.2) is 50.1 Å². The van der Waals surface area contributed by atoms with Crippen molar-refractivity contribution in [2.24, 2.45) is 0 Å². The maximum atomic E-state index is 12.5. The fourth-order valence-corrected chi connectivity index (χ4v) is 2.93. The van der Waals surface area contributed by atoms with E-state index < -0.39 is 6.03 Å².